The van der Waals surface area contributed by atoms with Crippen molar-refractivity contribution in [1.29, 1.82) is 0 Å². The van der Waals surface area contributed by atoms with E-state index in [1.807, 2.05) is 0 Å². The van der Waals surface area contributed by atoms with E-state index in [2.05, 4.69) is 45.1 Å². The molecular formula is C23H45NO. The van der Waals surface area contributed by atoms with E-state index in [1.54, 1.807) is 0 Å². The molecule has 0 heterocycles. The van der Waals surface area contributed by atoms with Gasteiger partial charge in [0, 0.05) is 18.8 Å². The first-order valence-corrected chi connectivity index (χ1v) is 10.7. The van der Waals surface area contributed by atoms with Crippen LogP contribution in [0.1, 0.15) is 104 Å². The van der Waals surface area contributed by atoms with Gasteiger partial charge in [-0.3, -0.25) is 0 Å². The molecule has 0 aromatic carbocycles. The zero-order valence-corrected chi connectivity index (χ0v) is 17.4. The first-order valence-electron chi connectivity index (χ1n) is 10.7. The van der Waals surface area contributed by atoms with Gasteiger partial charge in [0.25, 0.3) is 0 Å². The number of unbranched alkanes of at least 4 members (excludes halogenated alkanes) is 9. The highest BCUT2D eigenvalue weighted by Gasteiger charge is 2.09. The summed E-state index contributed by atoms with van der Waals surface area (Å²) >= 11 is 0. The summed E-state index contributed by atoms with van der Waals surface area (Å²) in [5, 5.41) is 0. The van der Waals surface area contributed by atoms with E-state index < -0.39 is 0 Å². The lowest BCUT2D eigenvalue weighted by atomic mass is 10.0. The molecule has 0 atom stereocenters. The molecule has 0 saturated carbocycles. The van der Waals surface area contributed by atoms with Crippen LogP contribution in [-0.4, -0.2) is 18.8 Å². The summed E-state index contributed by atoms with van der Waals surface area (Å²) in [6.45, 7) is 8.05. The molecule has 148 valence electrons. The molecular weight excluding hydrogens is 306 g/mol. The topological polar surface area (TPSA) is 35.2 Å². The van der Waals surface area contributed by atoms with Crippen molar-refractivity contribution in [3.8, 4) is 0 Å². The maximum atomic E-state index is 5.92. The summed E-state index contributed by atoms with van der Waals surface area (Å²) in [6, 6.07) is 0. The minimum Gasteiger partial charge on any atom is -0.381 e. The number of ether oxygens (including phenoxy) is 1. The summed E-state index contributed by atoms with van der Waals surface area (Å²) in [5.41, 5.74) is 5.83. The maximum Gasteiger partial charge on any atom is 0.0483 e. The fourth-order valence-corrected chi connectivity index (χ4v) is 2.63. The van der Waals surface area contributed by atoms with Crippen molar-refractivity contribution in [2.24, 2.45) is 5.73 Å². The van der Waals surface area contributed by atoms with Crippen LogP contribution >= 0.6 is 0 Å². The van der Waals surface area contributed by atoms with Gasteiger partial charge < -0.3 is 10.5 Å². The Bertz CT molecular complexity index is 315. The number of rotatable bonds is 18. The fourth-order valence-electron chi connectivity index (χ4n) is 2.63. The zero-order valence-electron chi connectivity index (χ0n) is 17.4. The Kier molecular flexibility index (Phi) is 17.8. The highest BCUT2D eigenvalue weighted by molar-refractivity contribution is 4.92. The third kappa shape index (κ3) is 23.4. The fraction of sp³-hybridized carbons (Fsp3) is 0.826. The highest BCUT2D eigenvalue weighted by atomic mass is 16.5. The monoisotopic (exact) mass is 351 g/mol. The van der Waals surface area contributed by atoms with E-state index in [1.165, 1.54) is 70.6 Å². The molecule has 0 amide bonds. The normalized spacial score (nSPS) is 12.6. The van der Waals surface area contributed by atoms with Crippen molar-refractivity contribution in [2.75, 3.05) is 13.2 Å². The molecule has 0 bridgehead atoms. The summed E-state index contributed by atoms with van der Waals surface area (Å²) in [7, 11) is 0. The largest absolute Gasteiger partial charge is 0.381 e. The van der Waals surface area contributed by atoms with E-state index in [9.17, 15) is 0 Å². The van der Waals surface area contributed by atoms with Crippen LogP contribution in [0.4, 0.5) is 0 Å². The number of allylic oxidation sites excluding steroid dienone is 4. The van der Waals surface area contributed by atoms with Crippen LogP contribution in [0.2, 0.25) is 0 Å². The molecule has 2 heteroatoms. The molecule has 0 rings (SSSR count). The number of nitrogens with two attached hydrogens (primary N) is 1. The van der Waals surface area contributed by atoms with Crippen molar-refractivity contribution in [3.63, 3.8) is 0 Å². The van der Waals surface area contributed by atoms with Gasteiger partial charge in [-0.25, -0.2) is 0 Å². The van der Waals surface area contributed by atoms with Gasteiger partial charge in [-0.1, -0.05) is 69.8 Å². The quantitative estimate of drug-likeness (QED) is 0.214. The van der Waals surface area contributed by atoms with E-state index in [-0.39, 0.29) is 5.54 Å². The van der Waals surface area contributed by atoms with Crippen LogP contribution < -0.4 is 5.73 Å². The third-order valence-corrected chi connectivity index (χ3v) is 4.38. The molecule has 0 aliphatic heterocycles. The maximum absolute atomic E-state index is 5.92. The molecule has 25 heavy (non-hydrogen) atoms. The summed E-state index contributed by atoms with van der Waals surface area (Å²) in [5.74, 6) is 0. The molecule has 0 spiro atoms. The Morgan fingerprint density at radius 1 is 0.720 bits per heavy atom. The first kappa shape index (κ1) is 24.4. The van der Waals surface area contributed by atoms with Gasteiger partial charge in [0.05, 0.1) is 0 Å². The van der Waals surface area contributed by atoms with Crippen LogP contribution in [0, 0.1) is 0 Å². The van der Waals surface area contributed by atoms with Crippen LogP contribution in [0.5, 0.6) is 0 Å². The molecule has 0 unspecified atom stereocenters. The molecule has 2 N–H and O–H groups in total. The van der Waals surface area contributed by atoms with Gasteiger partial charge in [-0.15, -0.1) is 0 Å². The summed E-state index contributed by atoms with van der Waals surface area (Å²) in [6.07, 6.45) is 25.7. The van der Waals surface area contributed by atoms with Crippen LogP contribution in [0.25, 0.3) is 0 Å². The lowest BCUT2D eigenvalue weighted by Crippen LogP contribution is -2.33. The van der Waals surface area contributed by atoms with Crippen molar-refractivity contribution in [2.45, 2.75) is 110 Å². The molecule has 0 aliphatic rings. The highest BCUT2D eigenvalue weighted by Crippen LogP contribution is 2.09. The molecule has 0 saturated heterocycles. The van der Waals surface area contributed by atoms with Gasteiger partial charge in [-0.2, -0.15) is 0 Å². The minimum absolute atomic E-state index is 0.0979. The Morgan fingerprint density at radius 3 is 1.88 bits per heavy atom. The van der Waals surface area contributed by atoms with E-state index >= 15 is 0 Å². The smallest absolute Gasteiger partial charge is 0.0483 e. The summed E-state index contributed by atoms with van der Waals surface area (Å²) < 4.78 is 5.63. The predicted molar refractivity (Wildman–Crippen MR) is 113 cm³/mol. The average Bonchev–Trinajstić information content (AvgIpc) is 2.56. The number of hydrogen-bond donors (Lipinski definition) is 1. The van der Waals surface area contributed by atoms with Crippen LogP contribution in [0.3, 0.4) is 0 Å². The Balaban J connectivity index is 3.17. The van der Waals surface area contributed by atoms with Crippen LogP contribution in [0.15, 0.2) is 24.3 Å². The van der Waals surface area contributed by atoms with Gasteiger partial charge in [0.1, 0.15) is 0 Å². The molecule has 0 fully saturated rings. The van der Waals surface area contributed by atoms with Gasteiger partial charge in [0.2, 0.25) is 0 Å². The molecule has 0 radical (unpaired) electrons. The zero-order chi connectivity index (χ0) is 18.6. The van der Waals surface area contributed by atoms with Crippen molar-refractivity contribution >= 4 is 0 Å². The molecule has 0 aromatic heterocycles. The first-order chi connectivity index (χ1) is 12.1. The SMILES string of the molecule is CCCCCC=CCC=CCCCCCCCCOCCC(C)(C)N. The second-order valence-corrected chi connectivity index (χ2v) is 7.94. The van der Waals surface area contributed by atoms with Gasteiger partial charge in [0.15, 0.2) is 0 Å². The lowest BCUT2D eigenvalue weighted by molar-refractivity contribution is 0.115. The third-order valence-electron chi connectivity index (χ3n) is 4.38. The second-order valence-electron chi connectivity index (χ2n) is 7.94. The molecule has 2 nitrogen and oxygen atoms in total. The molecule has 0 aliphatic carbocycles. The van der Waals surface area contributed by atoms with Crippen LogP contribution in [-0.2, 0) is 4.74 Å². The summed E-state index contributed by atoms with van der Waals surface area (Å²) in [4.78, 5) is 0. The van der Waals surface area contributed by atoms with Gasteiger partial charge in [-0.05, 0) is 58.8 Å². The Hall–Kier alpha value is -0.600. The lowest BCUT2D eigenvalue weighted by Gasteiger charge is -2.17. The van der Waals surface area contributed by atoms with E-state index in [0.29, 0.717) is 0 Å². The van der Waals surface area contributed by atoms with Gasteiger partial charge >= 0.3 is 0 Å². The van der Waals surface area contributed by atoms with Crippen molar-refractivity contribution < 1.29 is 4.74 Å². The second kappa shape index (κ2) is 18.2. The number of hydrogen-bond acceptors (Lipinski definition) is 2. The van der Waals surface area contributed by atoms with Crippen molar-refractivity contribution in [1.82, 2.24) is 0 Å². The molecule has 0 aromatic rings. The Labute approximate surface area is 158 Å². The standard InChI is InChI=1S/C23H45NO/c1-4-5-6-7-8-9-10-11-12-13-14-15-16-17-18-19-21-25-22-20-23(2,3)24/h8-9,11-12H,4-7,10,13-22,24H2,1-3H3. The van der Waals surface area contributed by atoms with Crippen molar-refractivity contribution in [3.05, 3.63) is 24.3 Å². The average molecular weight is 352 g/mol. The minimum atomic E-state index is -0.0979. The van der Waals surface area contributed by atoms with E-state index in [0.717, 1.165) is 26.1 Å². The van der Waals surface area contributed by atoms with E-state index in [4.69, 9.17) is 10.5 Å². The Morgan fingerprint density at radius 2 is 1.28 bits per heavy atom. The predicted octanol–water partition coefficient (Wildman–Crippen LogP) is 6.94.